The van der Waals surface area contributed by atoms with E-state index in [4.69, 9.17) is 0 Å². The summed E-state index contributed by atoms with van der Waals surface area (Å²) in [5.74, 6) is 0.516. The number of urea groups is 1. The van der Waals surface area contributed by atoms with Gasteiger partial charge in [-0.1, -0.05) is 12.8 Å². The van der Waals surface area contributed by atoms with Gasteiger partial charge in [0.1, 0.15) is 5.82 Å². The van der Waals surface area contributed by atoms with E-state index in [-0.39, 0.29) is 12.1 Å². The van der Waals surface area contributed by atoms with Crippen LogP contribution in [0.2, 0.25) is 0 Å². The zero-order chi connectivity index (χ0) is 16.4. The zero-order valence-electron chi connectivity index (χ0n) is 13.1. The second kappa shape index (κ2) is 6.27. The van der Waals surface area contributed by atoms with Gasteiger partial charge in [0.05, 0.1) is 29.2 Å². The molecule has 1 fully saturated rings. The molecule has 1 aliphatic rings. The summed E-state index contributed by atoms with van der Waals surface area (Å²) in [6, 6.07) is 5.61. The van der Waals surface area contributed by atoms with E-state index in [0.717, 1.165) is 29.6 Å². The minimum absolute atomic E-state index is 0.201. The van der Waals surface area contributed by atoms with E-state index in [1.165, 1.54) is 12.8 Å². The second-order valence-electron chi connectivity index (χ2n) is 5.98. The summed E-state index contributed by atoms with van der Waals surface area (Å²) in [5.41, 5.74) is 2.38. The molecule has 0 radical (unpaired) electrons. The van der Waals surface area contributed by atoms with Gasteiger partial charge in [0.25, 0.3) is 0 Å². The predicted octanol–water partition coefficient (Wildman–Crippen LogP) is 2.88. The van der Waals surface area contributed by atoms with Crippen LogP contribution in [0.3, 0.4) is 0 Å². The van der Waals surface area contributed by atoms with Crippen LogP contribution in [0.4, 0.5) is 10.6 Å². The van der Waals surface area contributed by atoms with Crippen molar-refractivity contribution in [3.05, 3.63) is 43.1 Å². The Morgan fingerprint density at radius 2 is 2.08 bits per heavy atom. The largest absolute Gasteiger partial charge is 0.335 e. The summed E-state index contributed by atoms with van der Waals surface area (Å²) in [5, 5.41) is 5.80. The monoisotopic (exact) mass is 322 g/mol. The Morgan fingerprint density at radius 3 is 2.88 bits per heavy atom. The van der Waals surface area contributed by atoms with Gasteiger partial charge in [0, 0.05) is 18.4 Å². The van der Waals surface area contributed by atoms with Crippen molar-refractivity contribution in [2.45, 2.75) is 31.7 Å². The maximum Gasteiger partial charge on any atom is 0.320 e. The molecule has 0 atom stereocenters. The lowest BCUT2D eigenvalue weighted by Gasteiger charge is -2.12. The fourth-order valence-corrected chi connectivity index (χ4v) is 3.03. The normalized spacial score (nSPS) is 14.8. The summed E-state index contributed by atoms with van der Waals surface area (Å²) in [4.78, 5) is 25.0. The third kappa shape index (κ3) is 3.05. The molecular weight excluding hydrogens is 304 g/mol. The Kier molecular flexibility index (Phi) is 3.82. The highest BCUT2D eigenvalue weighted by molar-refractivity contribution is 5.90. The number of pyridine rings is 2. The fourth-order valence-electron chi connectivity index (χ4n) is 3.03. The smallest absolute Gasteiger partial charge is 0.320 e. The first-order chi connectivity index (χ1) is 11.8. The summed E-state index contributed by atoms with van der Waals surface area (Å²) >= 11 is 0. The van der Waals surface area contributed by atoms with Crippen molar-refractivity contribution in [2.75, 3.05) is 5.32 Å². The van der Waals surface area contributed by atoms with E-state index in [1.54, 1.807) is 24.8 Å². The number of fused-ring (bicyclic) bond motifs is 1. The van der Waals surface area contributed by atoms with Crippen LogP contribution in [0.1, 0.15) is 25.7 Å². The molecule has 0 aliphatic heterocycles. The molecule has 3 heterocycles. The number of nitrogens with one attached hydrogen (secondary N) is 2. The molecule has 3 aromatic heterocycles. The lowest BCUT2D eigenvalue weighted by molar-refractivity contribution is 0.248. The quantitative estimate of drug-likeness (QED) is 0.776. The molecule has 1 saturated carbocycles. The van der Waals surface area contributed by atoms with E-state index in [2.05, 4.69) is 25.6 Å². The van der Waals surface area contributed by atoms with E-state index in [1.807, 2.05) is 22.9 Å². The first-order valence-electron chi connectivity index (χ1n) is 8.10. The van der Waals surface area contributed by atoms with Gasteiger partial charge in [-0.25, -0.2) is 14.8 Å². The number of imidazole rings is 1. The molecule has 2 N–H and O–H groups in total. The molecule has 0 unspecified atom stereocenters. The number of carbonyl (C=O) groups is 1. The number of amides is 2. The van der Waals surface area contributed by atoms with Crippen molar-refractivity contribution < 1.29 is 4.79 Å². The number of rotatable bonds is 3. The van der Waals surface area contributed by atoms with Crippen molar-refractivity contribution in [3.63, 3.8) is 0 Å². The number of anilines is 1. The molecule has 7 nitrogen and oxygen atoms in total. The van der Waals surface area contributed by atoms with Crippen molar-refractivity contribution in [3.8, 4) is 5.69 Å². The zero-order valence-corrected chi connectivity index (χ0v) is 13.1. The van der Waals surface area contributed by atoms with Crippen LogP contribution < -0.4 is 10.6 Å². The fraction of sp³-hybridized carbons (Fsp3) is 0.294. The molecule has 2 amide bonds. The van der Waals surface area contributed by atoms with Crippen LogP contribution in [0.25, 0.3) is 16.7 Å². The lowest BCUT2D eigenvalue weighted by Crippen LogP contribution is -2.36. The Balaban J connectivity index is 1.54. The number of carbonyl (C=O) groups excluding carboxylic acids is 1. The molecule has 122 valence electrons. The molecular formula is C17H18N6O. The molecule has 4 rings (SSSR count). The standard InChI is InChI=1S/C17H18N6O/c24-17(20-12-3-1-2-4-12)22-16-6-5-14-15(21-16)9-13(10-19-14)23-8-7-18-11-23/h5-12H,1-4H2,(H2,20,21,22,24). The molecule has 1 aliphatic carbocycles. The van der Waals surface area contributed by atoms with Gasteiger partial charge in [-0.3, -0.25) is 10.3 Å². The molecule has 0 saturated heterocycles. The van der Waals surface area contributed by atoms with Crippen LogP contribution in [0, 0.1) is 0 Å². The van der Waals surface area contributed by atoms with Crippen molar-refractivity contribution in [2.24, 2.45) is 0 Å². The summed E-state index contributed by atoms with van der Waals surface area (Å²) < 4.78 is 1.86. The summed E-state index contributed by atoms with van der Waals surface area (Å²) in [6.45, 7) is 0. The lowest BCUT2D eigenvalue weighted by atomic mass is 10.2. The topological polar surface area (TPSA) is 84.7 Å². The molecule has 0 spiro atoms. The van der Waals surface area contributed by atoms with Crippen LogP contribution in [-0.2, 0) is 0 Å². The van der Waals surface area contributed by atoms with Gasteiger partial charge in [-0.2, -0.15) is 0 Å². The third-order valence-corrected chi connectivity index (χ3v) is 4.26. The first kappa shape index (κ1) is 14.6. The SMILES string of the molecule is O=C(Nc1ccc2ncc(-n3ccnc3)cc2n1)NC1CCCC1. The predicted molar refractivity (Wildman–Crippen MR) is 91.1 cm³/mol. The van der Waals surface area contributed by atoms with Gasteiger partial charge in [0.2, 0.25) is 0 Å². The number of aromatic nitrogens is 4. The Bertz CT molecular complexity index is 855. The van der Waals surface area contributed by atoms with Gasteiger partial charge >= 0.3 is 6.03 Å². The maximum atomic E-state index is 12.1. The highest BCUT2D eigenvalue weighted by atomic mass is 16.2. The first-order valence-corrected chi connectivity index (χ1v) is 8.10. The Labute approximate surface area is 139 Å². The summed E-state index contributed by atoms with van der Waals surface area (Å²) in [7, 11) is 0. The Morgan fingerprint density at radius 1 is 1.21 bits per heavy atom. The van der Waals surface area contributed by atoms with Crippen molar-refractivity contribution in [1.82, 2.24) is 24.8 Å². The van der Waals surface area contributed by atoms with Crippen LogP contribution in [-0.4, -0.2) is 31.6 Å². The third-order valence-electron chi connectivity index (χ3n) is 4.26. The minimum Gasteiger partial charge on any atom is -0.335 e. The van der Waals surface area contributed by atoms with E-state index in [0.29, 0.717) is 5.82 Å². The van der Waals surface area contributed by atoms with E-state index < -0.39 is 0 Å². The molecule has 3 aromatic rings. The molecule has 24 heavy (non-hydrogen) atoms. The van der Waals surface area contributed by atoms with E-state index >= 15 is 0 Å². The van der Waals surface area contributed by atoms with Gasteiger partial charge in [0.15, 0.2) is 0 Å². The summed E-state index contributed by atoms with van der Waals surface area (Å²) in [6.07, 6.45) is 11.5. The van der Waals surface area contributed by atoms with Gasteiger partial charge in [-0.05, 0) is 31.0 Å². The molecule has 7 heteroatoms. The number of hydrogen-bond acceptors (Lipinski definition) is 4. The van der Waals surface area contributed by atoms with Crippen LogP contribution >= 0.6 is 0 Å². The maximum absolute atomic E-state index is 12.1. The molecule has 0 bridgehead atoms. The number of hydrogen-bond donors (Lipinski definition) is 2. The highest BCUT2D eigenvalue weighted by Crippen LogP contribution is 2.19. The second-order valence-corrected chi connectivity index (χ2v) is 5.98. The van der Waals surface area contributed by atoms with Crippen molar-refractivity contribution >= 4 is 22.9 Å². The highest BCUT2D eigenvalue weighted by Gasteiger charge is 2.17. The van der Waals surface area contributed by atoms with Crippen LogP contribution in [0.5, 0.6) is 0 Å². The number of nitrogens with zero attached hydrogens (tertiary/aromatic N) is 4. The Hall–Kier alpha value is -2.96. The average molecular weight is 322 g/mol. The average Bonchev–Trinajstić information content (AvgIpc) is 3.27. The molecule has 0 aromatic carbocycles. The van der Waals surface area contributed by atoms with Crippen LogP contribution in [0.15, 0.2) is 43.1 Å². The minimum atomic E-state index is -0.201. The van der Waals surface area contributed by atoms with Crippen molar-refractivity contribution in [1.29, 1.82) is 0 Å². The van der Waals surface area contributed by atoms with E-state index in [9.17, 15) is 4.79 Å². The van der Waals surface area contributed by atoms with Gasteiger partial charge in [-0.15, -0.1) is 0 Å². The van der Waals surface area contributed by atoms with Gasteiger partial charge < -0.3 is 9.88 Å².